The number of hydrogen-bond donors (Lipinski definition) is 3. The third kappa shape index (κ3) is 4.70. The Morgan fingerprint density at radius 1 is 1.07 bits per heavy atom. The number of amides is 1. The Morgan fingerprint density at radius 3 is 2.45 bits per heavy atom. The van der Waals surface area contributed by atoms with Gasteiger partial charge in [-0.3, -0.25) is 15.2 Å². The molecule has 1 heterocycles. The minimum absolute atomic E-state index is 0.311. The molecule has 1 atom stereocenters. The summed E-state index contributed by atoms with van der Waals surface area (Å²) in [6, 6.07) is 16.6. The van der Waals surface area contributed by atoms with Gasteiger partial charge >= 0.3 is 6.09 Å². The number of hydrazine groups is 1. The minimum atomic E-state index is -1.27. The number of carbonyl (C=O) groups excluding carboxylic acids is 1. The Labute approximate surface area is 168 Å². The van der Waals surface area contributed by atoms with E-state index in [4.69, 9.17) is 5.73 Å². The Morgan fingerprint density at radius 2 is 1.79 bits per heavy atom. The standard InChI is InChI=1S/C22H22N4O3/c1-14-10-17(8-9-24-14)18-11-19(23)13-20(12-18)25-26(22(28)29)15(2)21(27)16-6-4-3-5-7-16/h3-13,15,25H,23H2,1-2H3,(H,28,29). The van der Waals surface area contributed by atoms with Gasteiger partial charge in [0.25, 0.3) is 0 Å². The first-order valence-corrected chi connectivity index (χ1v) is 9.07. The van der Waals surface area contributed by atoms with Crippen LogP contribution in [0.2, 0.25) is 0 Å². The predicted molar refractivity (Wildman–Crippen MR) is 113 cm³/mol. The summed E-state index contributed by atoms with van der Waals surface area (Å²) in [5.41, 5.74) is 12.8. The van der Waals surface area contributed by atoms with Gasteiger partial charge in [-0.05, 0) is 55.3 Å². The number of hydrogen-bond acceptors (Lipinski definition) is 5. The first-order valence-electron chi connectivity index (χ1n) is 9.07. The lowest BCUT2D eigenvalue weighted by Crippen LogP contribution is -2.46. The summed E-state index contributed by atoms with van der Waals surface area (Å²) in [5.74, 6) is -0.311. The molecule has 7 nitrogen and oxygen atoms in total. The lowest BCUT2D eigenvalue weighted by atomic mass is 10.0. The smallest absolute Gasteiger partial charge is 0.426 e. The normalized spacial score (nSPS) is 11.5. The maximum atomic E-state index is 12.7. The van der Waals surface area contributed by atoms with Gasteiger partial charge in [0.2, 0.25) is 0 Å². The molecule has 0 aliphatic carbocycles. The van der Waals surface area contributed by atoms with Crippen molar-refractivity contribution < 1.29 is 14.7 Å². The van der Waals surface area contributed by atoms with Gasteiger partial charge in [0, 0.05) is 23.1 Å². The fraction of sp³-hybridized carbons (Fsp3) is 0.136. The highest BCUT2D eigenvalue weighted by molar-refractivity contribution is 6.01. The van der Waals surface area contributed by atoms with E-state index in [-0.39, 0.29) is 5.78 Å². The summed E-state index contributed by atoms with van der Waals surface area (Å²) in [6.07, 6.45) is 0.427. The van der Waals surface area contributed by atoms with Crippen molar-refractivity contribution in [3.8, 4) is 11.1 Å². The lowest BCUT2D eigenvalue weighted by Gasteiger charge is -2.27. The molecular weight excluding hydrogens is 368 g/mol. The van der Waals surface area contributed by atoms with Crippen LogP contribution >= 0.6 is 0 Å². The Hall–Kier alpha value is -3.87. The van der Waals surface area contributed by atoms with Gasteiger partial charge < -0.3 is 10.8 Å². The van der Waals surface area contributed by atoms with Gasteiger partial charge in [0.1, 0.15) is 6.04 Å². The van der Waals surface area contributed by atoms with Gasteiger partial charge in [-0.15, -0.1) is 0 Å². The Balaban J connectivity index is 1.89. The third-order valence-corrected chi connectivity index (χ3v) is 4.47. The molecule has 7 heteroatoms. The summed E-state index contributed by atoms with van der Waals surface area (Å²) >= 11 is 0. The first kappa shape index (κ1) is 19.9. The number of pyridine rings is 1. The average molecular weight is 390 g/mol. The van der Waals surface area contributed by atoms with Crippen molar-refractivity contribution in [2.24, 2.45) is 0 Å². The van der Waals surface area contributed by atoms with Crippen LogP contribution in [-0.2, 0) is 0 Å². The molecule has 0 radical (unpaired) electrons. The van der Waals surface area contributed by atoms with Crippen molar-refractivity contribution in [3.05, 3.63) is 78.1 Å². The number of ketones is 1. The highest BCUT2D eigenvalue weighted by Crippen LogP contribution is 2.27. The lowest BCUT2D eigenvalue weighted by molar-refractivity contribution is 0.0843. The molecule has 0 bridgehead atoms. The van der Waals surface area contributed by atoms with Crippen molar-refractivity contribution in [2.45, 2.75) is 19.9 Å². The van der Waals surface area contributed by atoms with E-state index in [1.165, 1.54) is 6.92 Å². The quantitative estimate of drug-likeness (QED) is 0.330. The molecule has 2 aromatic carbocycles. The summed E-state index contributed by atoms with van der Waals surface area (Å²) in [7, 11) is 0. The zero-order valence-electron chi connectivity index (χ0n) is 16.2. The second-order valence-electron chi connectivity index (χ2n) is 6.70. The molecule has 3 aromatic rings. The number of nitrogen functional groups attached to an aromatic ring is 1. The van der Waals surface area contributed by atoms with Crippen LogP contribution in [0.5, 0.6) is 0 Å². The number of nitrogens with zero attached hydrogens (tertiary/aromatic N) is 2. The molecule has 1 aromatic heterocycles. The van der Waals surface area contributed by atoms with Crippen LogP contribution < -0.4 is 11.2 Å². The average Bonchev–Trinajstić information content (AvgIpc) is 2.71. The number of rotatable bonds is 6. The molecule has 29 heavy (non-hydrogen) atoms. The van der Waals surface area contributed by atoms with E-state index in [0.717, 1.165) is 21.8 Å². The first-order chi connectivity index (χ1) is 13.8. The minimum Gasteiger partial charge on any atom is -0.464 e. The van der Waals surface area contributed by atoms with Crippen LogP contribution in [0, 0.1) is 6.92 Å². The molecule has 0 fully saturated rings. The second-order valence-corrected chi connectivity index (χ2v) is 6.70. The van der Waals surface area contributed by atoms with Crippen molar-refractivity contribution in [1.29, 1.82) is 0 Å². The van der Waals surface area contributed by atoms with Crippen LogP contribution in [0.4, 0.5) is 16.2 Å². The number of anilines is 2. The number of benzene rings is 2. The predicted octanol–water partition coefficient (Wildman–Crippen LogP) is 4.22. The Bertz CT molecular complexity index is 1040. The molecule has 3 rings (SSSR count). The van der Waals surface area contributed by atoms with Crippen molar-refractivity contribution >= 4 is 23.3 Å². The van der Waals surface area contributed by atoms with E-state index in [9.17, 15) is 14.7 Å². The van der Waals surface area contributed by atoms with E-state index in [0.29, 0.717) is 16.9 Å². The van der Waals surface area contributed by atoms with Gasteiger partial charge in [-0.2, -0.15) is 0 Å². The summed E-state index contributed by atoms with van der Waals surface area (Å²) in [6.45, 7) is 3.42. The maximum absolute atomic E-state index is 12.7. The van der Waals surface area contributed by atoms with E-state index >= 15 is 0 Å². The van der Waals surface area contributed by atoms with E-state index in [1.807, 2.05) is 19.1 Å². The topological polar surface area (TPSA) is 109 Å². The van der Waals surface area contributed by atoms with Crippen molar-refractivity contribution in [3.63, 3.8) is 0 Å². The summed E-state index contributed by atoms with van der Waals surface area (Å²) in [5, 5.41) is 10.5. The third-order valence-electron chi connectivity index (χ3n) is 4.47. The number of carboxylic acid groups (broad SMARTS) is 1. The molecule has 0 saturated heterocycles. The largest absolute Gasteiger partial charge is 0.464 e. The molecule has 148 valence electrons. The summed E-state index contributed by atoms with van der Waals surface area (Å²) in [4.78, 5) is 28.7. The van der Waals surface area contributed by atoms with Gasteiger partial charge in [0.15, 0.2) is 5.78 Å². The second kappa shape index (κ2) is 8.43. The van der Waals surface area contributed by atoms with E-state index < -0.39 is 12.1 Å². The van der Waals surface area contributed by atoms with Gasteiger partial charge in [-0.25, -0.2) is 9.80 Å². The van der Waals surface area contributed by atoms with Crippen LogP contribution in [-0.4, -0.2) is 33.0 Å². The molecule has 0 aliphatic heterocycles. The number of aryl methyl sites for hydroxylation is 1. The fourth-order valence-electron chi connectivity index (χ4n) is 3.02. The van der Waals surface area contributed by atoms with Gasteiger partial charge in [0.05, 0.1) is 5.69 Å². The highest BCUT2D eigenvalue weighted by Gasteiger charge is 2.27. The molecule has 0 aliphatic rings. The van der Waals surface area contributed by atoms with E-state index in [1.54, 1.807) is 54.7 Å². The van der Waals surface area contributed by atoms with Crippen LogP contribution in [0.15, 0.2) is 66.9 Å². The van der Waals surface area contributed by atoms with Crippen molar-refractivity contribution in [1.82, 2.24) is 9.99 Å². The molecule has 1 unspecified atom stereocenters. The number of carbonyl (C=O) groups is 2. The number of aromatic nitrogens is 1. The SMILES string of the molecule is Cc1cc(-c2cc(N)cc(NN(C(=O)O)C(C)C(=O)c3ccccc3)c2)ccn1. The highest BCUT2D eigenvalue weighted by atomic mass is 16.4. The Kier molecular flexibility index (Phi) is 5.78. The molecule has 0 saturated carbocycles. The molecule has 1 amide bonds. The molecule has 0 spiro atoms. The van der Waals surface area contributed by atoms with Crippen LogP contribution in [0.25, 0.3) is 11.1 Å². The maximum Gasteiger partial charge on any atom is 0.426 e. The molecule has 4 N–H and O–H groups in total. The number of nitrogens with one attached hydrogen (secondary N) is 1. The van der Waals surface area contributed by atoms with Gasteiger partial charge in [-0.1, -0.05) is 30.3 Å². The number of nitrogens with two attached hydrogens (primary N) is 1. The fourth-order valence-corrected chi connectivity index (χ4v) is 3.02. The monoisotopic (exact) mass is 390 g/mol. The molecular formula is C22H22N4O3. The summed E-state index contributed by atoms with van der Waals surface area (Å²) < 4.78 is 0. The van der Waals surface area contributed by atoms with Crippen molar-refractivity contribution in [2.75, 3.05) is 11.2 Å². The van der Waals surface area contributed by atoms with Crippen LogP contribution in [0.1, 0.15) is 23.0 Å². The number of Topliss-reactive ketones (excluding diaryl/α,β-unsaturated/α-hetero) is 1. The van der Waals surface area contributed by atoms with Crippen LogP contribution in [0.3, 0.4) is 0 Å². The zero-order chi connectivity index (χ0) is 21.0. The van der Waals surface area contributed by atoms with E-state index in [2.05, 4.69) is 10.4 Å². The zero-order valence-corrected chi connectivity index (χ0v) is 16.2.